The highest BCUT2D eigenvalue weighted by Crippen LogP contribution is 2.36. The Morgan fingerprint density at radius 3 is 3.00 bits per heavy atom. The summed E-state index contributed by atoms with van der Waals surface area (Å²) < 4.78 is 6.25. The highest BCUT2D eigenvalue weighted by atomic mass is 127. The number of rotatable bonds is 1. The fourth-order valence-electron chi connectivity index (χ4n) is 2.15. The first kappa shape index (κ1) is 11.7. The molecular formula is C13H11IN2O2. The maximum atomic E-state index is 11.8. The van der Waals surface area contributed by atoms with Crippen LogP contribution in [0.1, 0.15) is 23.0 Å². The number of halogens is 1. The molecule has 0 saturated carbocycles. The molecule has 4 nitrogen and oxygen atoms in total. The number of hydrogen-bond acceptors (Lipinski definition) is 3. The number of hydrogen-bond donors (Lipinski definition) is 1. The molecule has 92 valence electrons. The van der Waals surface area contributed by atoms with Crippen LogP contribution in [0.3, 0.4) is 0 Å². The maximum absolute atomic E-state index is 11.8. The molecule has 0 spiro atoms. The molecule has 0 fully saturated rings. The molecule has 0 bridgehead atoms. The second-order valence-electron chi connectivity index (χ2n) is 4.25. The lowest BCUT2D eigenvalue weighted by molar-refractivity contribution is 0.339. The van der Waals surface area contributed by atoms with Gasteiger partial charge in [0, 0.05) is 5.56 Å². The summed E-state index contributed by atoms with van der Waals surface area (Å²) in [6, 6.07) is 7.86. The van der Waals surface area contributed by atoms with Crippen molar-refractivity contribution in [3.8, 4) is 5.75 Å². The number of nitrogens with one attached hydrogen (secondary N) is 1. The molecule has 1 atom stereocenters. The van der Waals surface area contributed by atoms with Crippen LogP contribution in [-0.4, -0.2) is 16.6 Å². The van der Waals surface area contributed by atoms with Gasteiger partial charge in [-0.1, -0.05) is 18.2 Å². The molecule has 2 aromatic rings. The number of aromatic nitrogens is 2. The summed E-state index contributed by atoms with van der Waals surface area (Å²) >= 11 is 2.01. The third-order valence-electron chi connectivity index (χ3n) is 3.08. The van der Waals surface area contributed by atoms with Gasteiger partial charge < -0.3 is 9.72 Å². The summed E-state index contributed by atoms with van der Waals surface area (Å²) in [5.41, 5.74) is 1.77. The smallest absolute Gasteiger partial charge is 0.264 e. The second kappa shape index (κ2) is 4.38. The van der Waals surface area contributed by atoms with Crippen LogP contribution in [0.5, 0.6) is 5.75 Å². The average Bonchev–Trinajstić information content (AvgIpc) is 2.79. The van der Waals surface area contributed by atoms with E-state index in [1.165, 1.54) is 0 Å². The van der Waals surface area contributed by atoms with Crippen LogP contribution in [0.4, 0.5) is 0 Å². The van der Waals surface area contributed by atoms with Gasteiger partial charge in [0.1, 0.15) is 18.2 Å². The Morgan fingerprint density at radius 1 is 1.44 bits per heavy atom. The van der Waals surface area contributed by atoms with E-state index < -0.39 is 0 Å². The molecule has 5 heteroatoms. The molecule has 1 aliphatic heterocycles. The van der Waals surface area contributed by atoms with Crippen molar-refractivity contribution in [1.82, 2.24) is 9.97 Å². The number of para-hydroxylation sites is 1. The van der Waals surface area contributed by atoms with E-state index in [0.29, 0.717) is 16.0 Å². The lowest BCUT2D eigenvalue weighted by atomic mass is 10.0. The molecule has 0 radical (unpaired) electrons. The number of fused-ring (bicyclic) bond motifs is 1. The highest BCUT2D eigenvalue weighted by Gasteiger charge is 2.27. The predicted octanol–water partition coefficient (Wildman–Crippen LogP) is 2.21. The first-order valence-electron chi connectivity index (χ1n) is 5.65. The summed E-state index contributed by atoms with van der Waals surface area (Å²) in [6.45, 7) is 2.38. The first-order chi connectivity index (χ1) is 8.66. The van der Waals surface area contributed by atoms with E-state index >= 15 is 0 Å². The van der Waals surface area contributed by atoms with Crippen LogP contribution in [0, 0.1) is 10.5 Å². The first-order valence-corrected chi connectivity index (χ1v) is 6.72. The van der Waals surface area contributed by atoms with Crippen molar-refractivity contribution in [2.75, 3.05) is 6.61 Å². The van der Waals surface area contributed by atoms with E-state index in [2.05, 4.69) is 9.97 Å². The Balaban J connectivity index is 2.11. The van der Waals surface area contributed by atoms with Crippen molar-refractivity contribution in [2.45, 2.75) is 12.8 Å². The summed E-state index contributed by atoms with van der Waals surface area (Å²) in [5, 5.41) is 0. The topological polar surface area (TPSA) is 55.0 Å². The summed E-state index contributed by atoms with van der Waals surface area (Å²) in [4.78, 5) is 19.1. The van der Waals surface area contributed by atoms with Gasteiger partial charge in [-0.05, 0) is 35.6 Å². The fraction of sp³-hybridized carbons (Fsp3) is 0.231. The number of nitrogens with zero attached hydrogens (tertiary/aromatic N) is 1. The molecule has 1 unspecified atom stereocenters. The van der Waals surface area contributed by atoms with Crippen molar-refractivity contribution in [2.24, 2.45) is 0 Å². The van der Waals surface area contributed by atoms with E-state index in [-0.39, 0.29) is 11.5 Å². The van der Waals surface area contributed by atoms with Gasteiger partial charge in [0.25, 0.3) is 5.56 Å². The van der Waals surface area contributed by atoms with Gasteiger partial charge in [0.15, 0.2) is 0 Å². The van der Waals surface area contributed by atoms with Gasteiger partial charge in [0.05, 0.1) is 15.2 Å². The zero-order valence-electron chi connectivity index (χ0n) is 9.74. The van der Waals surface area contributed by atoms with Crippen LogP contribution in [0.25, 0.3) is 0 Å². The molecule has 2 heterocycles. The van der Waals surface area contributed by atoms with E-state index in [4.69, 9.17) is 4.74 Å². The predicted molar refractivity (Wildman–Crippen MR) is 76.1 cm³/mol. The van der Waals surface area contributed by atoms with E-state index in [1.807, 2.05) is 53.8 Å². The molecule has 0 aliphatic carbocycles. The van der Waals surface area contributed by atoms with Crippen LogP contribution in [0.2, 0.25) is 0 Å². The van der Waals surface area contributed by atoms with E-state index in [1.54, 1.807) is 0 Å². The summed E-state index contributed by atoms with van der Waals surface area (Å²) in [7, 11) is 0. The maximum Gasteiger partial charge on any atom is 0.264 e. The molecular weight excluding hydrogens is 343 g/mol. The number of ether oxygens (including phenoxy) is 1. The third-order valence-corrected chi connectivity index (χ3v) is 4.35. The van der Waals surface area contributed by atoms with Crippen LogP contribution < -0.4 is 10.3 Å². The lowest BCUT2D eigenvalue weighted by Crippen LogP contribution is -2.20. The Bertz CT molecular complexity index is 666. The highest BCUT2D eigenvalue weighted by molar-refractivity contribution is 14.1. The van der Waals surface area contributed by atoms with Crippen LogP contribution >= 0.6 is 22.6 Å². The van der Waals surface area contributed by atoms with Crippen molar-refractivity contribution in [3.05, 3.63) is 55.3 Å². The zero-order valence-corrected chi connectivity index (χ0v) is 11.9. The normalized spacial score (nSPS) is 17.3. The Morgan fingerprint density at radius 2 is 2.22 bits per heavy atom. The van der Waals surface area contributed by atoms with Crippen LogP contribution in [-0.2, 0) is 0 Å². The molecule has 3 rings (SSSR count). The monoisotopic (exact) mass is 354 g/mol. The minimum Gasteiger partial charge on any atom is -0.492 e. The quantitative estimate of drug-likeness (QED) is 0.799. The minimum absolute atomic E-state index is 0.0181. The number of aryl methyl sites for hydroxylation is 1. The van der Waals surface area contributed by atoms with Gasteiger partial charge in [-0.25, -0.2) is 4.98 Å². The van der Waals surface area contributed by atoms with Crippen molar-refractivity contribution < 1.29 is 4.74 Å². The summed E-state index contributed by atoms with van der Waals surface area (Å²) in [5.74, 6) is 1.58. The van der Waals surface area contributed by atoms with Crippen molar-refractivity contribution in [3.63, 3.8) is 0 Å². The molecule has 0 saturated heterocycles. The Kier molecular flexibility index (Phi) is 2.85. The molecule has 1 aliphatic rings. The Hall–Kier alpha value is -1.37. The number of benzene rings is 1. The Labute approximate surface area is 118 Å². The molecule has 18 heavy (non-hydrogen) atoms. The fourth-order valence-corrected chi connectivity index (χ4v) is 2.40. The third kappa shape index (κ3) is 1.82. The van der Waals surface area contributed by atoms with E-state index in [9.17, 15) is 4.79 Å². The molecule has 0 amide bonds. The lowest BCUT2D eigenvalue weighted by Gasteiger charge is -2.09. The van der Waals surface area contributed by atoms with Gasteiger partial charge in [-0.15, -0.1) is 0 Å². The van der Waals surface area contributed by atoms with Crippen LogP contribution in [0.15, 0.2) is 29.1 Å². The molecule has 1 N–H and O–H groups in total. The SMILES string of the molecule is Cc1nc(C2COc3ccccc32)[nH]c(=O)c1I. The van der Waals surface area contributed by atoms with Gasteiger partial charge >= 0.3 is 0 Å². The van der Waals surface area contributed by atoms with Gasteiger partial charge in [0.2, 0.25) is 0 Å². The zero-order chi connectivity index (χ0) is 12.7. The number of aromatic amines is 1. The van der Waals surface area contributed by atoms with Gasteiger partial charge in [-0.2, -0.15) is 0 Å². The van der Waals surface area contributed by atoms with E-state index in [0.717, 1.165) is 17.0 Å². The van der Waals surface area contributed by atoms with Gasteiger partial charge in [-0.3, -0.25) is 4.79 Å². The number of H-pyrrole nitrogens is 1. The second-order valence-corrected chi connectivity index (χ2v) is 5.33. The van der Waals surface area contributed by atoms with Crippen molar-refractivity contribution >= 4 is 22.6 Å². The largest absolute Gasteiger partial charge is 0.492 e. The molecule has 1 aromatic carbocycles. The standard InChI is InChI=1S/C13H11IN2O2/c1-7-11(14)13(17)16-12(15-7)9-6-18-10-5-3-2-4-8(9)10/h2-5,9H,6H2,1H3,(H,15,16,17). The van der Waals surface area contributed by atoms with Crippen molar-refractivity contribution in [1.29, 1.82) is 0 Å². The average molecular weight is 354 g/mol. The minimum atomic E-state index is -0.0810. The molecule has 1 aromatic heterocycles. The summed E-state index contributed by atoms with van der Waals surface area (Å²) in [6.07, 6.45) is 0.